The van der Waals surface area contributed by atoms with Crippen LogP contribution in [0.1, 0.15) is 10.4 Å². The number of nitrogens with zero attached hydrogens (tertiary/aromatic N) is 3. The number of aliphatic carboxylic acids is 1. The number of carboxylic acids is 1. The number of piperazine rings is 1. The predicted octanol–water partition coefficient (Wildman–Crippen LogP) is 1.51. The standard InChI is InChI=1S/C18H19N3O4/c22-17(23)13-25-15-6-4-14(5-7-15)18(24)21-11-9-20(10-12-21)16-3-1-2-8-19-16/h1-8H,9-13H2,(H,22,23). The summed E-state index contributed by atoms with van der Waals surface area (Å²) in [4.78, 5) is 31.4. The zero-order valence-corrected chi connectivity index (χ0v) is 13.7. The lowest BCUT2D eigenvalue weighted by molar-refractivity contribution is -0.139. The van der Waals surface area contributed by atoms with Crippen molar-refractivity contribution in [3.05, 3.63) is 54.2 Å². The molecule has 1 saturated heterocycles. The van der Waals surface area contributed by atoms with Crippen molar-refractivity contribution in [3.8, 4) is 5.75 Å². The molecule has 130 valence electrons. The molecule has 1 aliphatic heterocycles. The summed E-state index contributed by atoms with van der Waals surface area (Å²) in [6.45, 7) is 2.34. The fourth-order valence-electron chi connectivity index (χ4n) is 2.70. The molecule has 0 aliphatic carbocycles. The minimum atomic E-state index is -1.04. The molecular weight excluding hydrogens is 322 g/mol. The number of aromatic nitrogens is 1. The molecule has 7 nitrogen and oxygen atoms in total. The summed E-state index contributed by atoms with van der Waals surface area (Å²) in [5.74, 6) is 0.282. The lowest BCUT2D eigenvalue weighted by Crippen LogP contribution is -2.49. The van der Waals surface area contributed by atoms with Crippen LogP contribution in [0.3, 0.4) is 0 Å². The van der Waals surface area contributed by atoms with Gasteiger partial charge in [-0.05, 0) is 36.4 Å². The Morgan fingerprint density at radius 3 is 2.36 bits per heavy atom. The van der Waals surface area contributed by atoms with E-state index >= 15 is 0 Å². The van der Waals surface area contributed by atoms with Gasteiger partial charge in [-0.15, -0.1) is 0 Å². The van der Waals surface area contributed by atoms with E-state index in [2.05, 4.69) is 9.88 Å². The van der Waals surface area contributed by atoms with E-state index in [1.165, 1.54) is 0 Å². The van der Waals surface area contributed by atoms with Crippen molar-refractivity contribution >= 4 is 17.7 Å². The Balaban J connectivity index is 1.56. The molecule has 1 aromatic carbocycles. The third-order valence-corrected chi connectivity index (χ3v) is 4.00. The van der Waals surface area contributed by atoms with Gasteiger partial charge in [-0.3, -0.25) is 4.79 Å². The van der Waals surface area contributed by atoms with E-state index in [1.807, 2.05) is 23.1 Å². The van der Waals surface area contributed by atoms with Gasteiger partial charge in [0.2, 0.25) is 0 Å². The van der Waals surface area contributed by atoms with Gasteiger partial charge in [-0.1, -0.05) is 6.07 Å². The van der Waals surface area contributed by atoms with Gasteiger partial charge in [0.1, 0.15) is 11.6 Å². The monoisotopic (exact) mass is 341 g/mol. The maximum Gasteiger partial charge on any atom is 0.341 e. The third kappa shape index (κ3) is 4.26. The first-order valence-corrected chi connectivity index (χ1v) is 8.03. The van der Waals surface area contributed by atoms with Crippen molar-refractivity contribution in [2.75, 3.05) is 37.7 Å². The normalized spacial score (nSPS) is 14.2. The molecule has 7 heteroatoms. The Morgan fingerprint density at radius 1 is 1.04 bits per heavy atom. The first-order valence-electron chi connectivity index (χ1n) is 8.03. The Bertz CT molecular complexity index is 726. The number of carboxylic acid groups (broad SMARTS) is 1. The SMILES string of the molecule is O=C(O)COc1ccc(C(=O)N2CCN(c3ccccn3)CC2)cc1. The molecule has 1 aromatic heterocycles. The summed E-state index contributed by atoms with van der Waals surface area (Å²) in [6.07, 6.45) is 1.76. The van der Waals surface area contributed by atoms with Crippen molar-refractivity contribution in [1.82, 2.24) is 9.88 Å². The molecule has 25 heavy (non-hydrogen) atoms. The number of amides is 1. The van der Waals surface area contributed by atoms with Gasteiger partial charge >= 0.3 is 5.97 Å². The van der Waals surface area contributed by atoms with Gasteiger partial charge in [-0.2, -0.15) is 0 Å². The van der Waals surface area contributed by atoms with Crippen LogP contribution < -0.4 is 9.64 Å². The summed E-state index contributed by atoms with van der Waals surface area (Å²) in [5.41, 5.74) is 0.564. The van der Waals surface area contributed by atoms with E-state index in [4.69, 9.17) is 9.84 Å². The molecule has 0 atom stereocenters. The van der Waals surface area contributed by atoms with Crippen LogP contribution in [0.5, 0.6) is 5.75 Å². The number of rotatable bonds is 5. The molecule has 1 N–H and O–H groups in total. The van der Waals surface area contributed by atoms with Gasteiger partial charge in [0.25, 0.3) is 5.91 Å². The highest BCUT2D eigenvalue weighted by molar-refractivity contribution is 5.94. The van der Waals surface area contributed by atoms with Crippen LogP contribution in [0, 0.1) is 0 Å². The van der Waals surface area contributed by atoms with Gasteiger partial charge in [0.15, 0.2) is 6.61 Å². The van der Waals surface area contributed by atoms with Crippen molar-refractivity contribution in [2.45, 2.75) is 0 Å². The zero-order chi connectivity index (χ0) is 17.6. The molecule has 0 unspecified atom stereocenters. The highest BCUT2D eigenvalue weighted by Gasteiger charge is 2.22. The van der Waals surface area contributed by atoms with E-state index in [-0.39, 0.29) is 5.91 Å². The lowest BCUT2D eigenvalue weighted by atomic mass is 10.1. The molecule has 0 saturated carbocycles. The minimum Gasteiger partial charge on any atom is -0.482 e. The van der Waals surface area contributed by atoms with Crippen LogP contribution in [0.15, 0.2) is 48.7 Å². The summed E-state index contributed by atoms with van der Waals surface area (Å²) < 4.78 is 5.07. The number of carbonyl (C=O) groups is 2. The highest BCUT2D eigenvalue weighted by atomic mass is 16.5. The Hall–Kier alpha value is -3.09. The highest BCUT2D eigenvalue weighted by Crippen LogP contribution is 2.17. The van der Waals surface area contributed by atoms with Crippen LogP contribution in [0.4, 0.5) is 5.82 Å². The third-order valence-electron chi connectivity index (χ3n) is 4.00. The summed E-state index contributed by atoms with van der Waals surface area (Å²) >= 11 is 0. The number of hydrogen-bond acceptors (Lipinski definition) is 5. The second-order valence-electron chi connectivity index (χ2n) is 5.67. The molecule has 0 spiro atoms. The minimum absolute atomic E-state index is 0.0366. The molecule has 3 rings (SSSR count). The molecule has 2 heterocycles. The lowest BCUT2D eigenvalue weighted by Gasteiger charge is -2.35. The van der Waals surface area contributed by atoms with E-state index in [0.717, 1.165) is 18.9 Å². The molecule has 0 bridgehead atoms. The summed E-state index contributed by atoms with van der Waals surface area (Å²) in [5, 5.41) is 8.60. The fourth-order valence-corrected chi connectivity index (χ4v) is 2.70. The van der Waals surface area contributed by atoms with E-state index in [0.29, 0.717) is 24.4 Å². The topological polar surface area (TPSA) is 83.0 Å². The second kappa shape index (κ2) is 7.65. The fraction of sp³-hybridized carbons (Fsp3) is 0.278. The van der Waals surface area contributed by atoms with Gasteiger partial charge in [0.05, 0.1) is 0 Å². The quantitative estimate of drug-likeness (QED) is 0.887. The van der Waals surface area contributed by atoms with Crippen LogP contribution in [0.25, 0.3) is 0 Å². The second-order valence-corrected chi connectivity index (χ2v) is 5.67. The zero-order valence-electron chi connectivity index (χ0n) is 13.7. The maximum absolute atomic E-state index is 12.6. The van der Waals surface area contributed by atoms with Crippen LogP contribution >= 0.6 is 0 Å². The smallest absolute Gasteiger partial charge is 0.341 e. The average Bonchev–Trinajstić information content (AvgIpc) is 2.67. The first-order chi connectivity index (χ1) is 12.1. The average molecular weight is 341 g/mol. The number of ether oxygens (including phenoxy) is 1. The molecule has 2 aromatic rings. The van der Waals surface area contributed by atoms with E-state index < -0.39 is 12.6 Å². The summed E-state index contributed by atoms with van der Waals surface area (Å²) in [6, 6.07) is 12.3. The molecule has 0 radical (unpaired) electrons. The molecule has 1 aliphatic rings. The van der Waals surface area contributed by atoms with Gasteiger partial charge < -0.3 is 19.6 Å². The van der Waals surface area contributed by atoms with Crippen LogP contribution in [-0.2, 0) is 4.79 Å². The predicted molar refractivity (Wildman–Crippen MR) is 91.9 cm³/mol. The Morgan fingerprint density at radius 2 is 1.76 bits per heavy atom. The largest absolute Gasteiger partial charge is 0.482 e. The number of carbonyl (C=O) groups excluding carboxylic acids is 1. The van der Waals surface area contributed by atoms with E-state index in [1.54, 1.807) is 30.5 Å². The number of hydrogen-bond donors (Lipinski definition) is 1. The molecular formula is C18H19N3O4. The van der Waals surface area contributed by atoms with Crippen LogP contribution in [0.2, 0.25) is 0 Å². The number of benzene rings is 1. The number of anilines is 1. The Labute approximate surface area is 145 Å². The van der Waals surface area contributed by atoms with Crippen molar-refractivity contribution in [1.29, 1.82) is 0 Å². The van der Waals surface area contributed by atoms with Crippen molar-refractivity contribution in [3.63, 3.8) is 0 Å². The molecule has 1 amide bonds. The van der Waals surface area contributed by atoms with E-state index in [9.17, 15) is 9.59 Å². The molecule has 1 fully saturated rings. The van der Waals surface area contributed by atoms with Gasteiger partial charge in [0, 0.05) is 37.9 Å². The first kappa shape index (κ1) is 16.8. The maximum atomic E-state index is 12.6. The summed E-state index contributed by atoms with van der Waals surface area (Å²) in [7, 11) is 0. The van der Waals surface area contributed by atoms with Crippen LogP contribution in [-0.4, -0.2) is 59.7 Å². The Kier molecular flexibility index (Phi) is 5.13. The number of pyridine rings is 1. The van der Waals surface area contributed by atoms with Crippen molar-refractivity contribution < 1.29 is 19.4 Å². The van der Waals surface area contributed by atoms with Gasteiger partial charge in [-0.25, -0.2) is 9.78 Å². The van der Waals surface area contributed by atoms with Crippen molar-refractivity contribution in [2.24, 2.45) is 0 Å².